The van der Waals surface area contributed by atoms with Crippen molar-refractivity contribution in [3.05, 3.63) is 11.6 Å². The maximum atomic E-state index is 14.4. The summed E-state index contributed by atoms with van der Waals surface area (Å²) in [4.78, 5) is 27.6. The summed E-state index contributed by atoms with van der Waals surface area (Å²) >= 11 is 0. The lowest BCUT2D eigenvalue weighted by atomic mass is 9.41. The van der Waals surface area contributed by atoms with Crippen molar-refractivity contribution in [2.45, 2.75) is 242 Å². The Bertz CT molecular complexity index is 2110. The van der Waals surface area contributed by atoms with E-state index in [4.69, 9.17) is 47.4 Å². The Morgan fingerprint density at radius 2 is 1.29 bits per heavy atom. The number of cyclic esters (lactones) is 1. The quantitative estimate of drug-likeness (QED) is 0.0754. The van der Waals surface area contributed by atoms with Crippen LogP contribution in [0, 0.1) is 45.3 Å². The first-order valence-electron chi connectivity index (χ1n) is 27.6. The topological polar surface area (TPSA) is 329 Å². The smallest absolute Gasteiger partial charge is 0.313 e. The molecule has 76 heavy (non-hydrogen) atoms. The van der Waals surface area contributed by atoms with Crippen molar-refractivity contribution < 1.29 is 108 Å². The van der Waals surface area contributed by atoms with Crippen molar-refractivity contribution in [3.63, 3.8) is 0 Å². The van der Waals surface area contributed by atoms with Crippen LogP contribution >= 0.6 is 0 Å². The molecule has 3 saturated carbocycles. The molecule has 0 amide bonds. The maximum absolute atomic E-state index is 14.4. The predicted molar refractivity (Wildman–Crippen MR) is 261 cm³/mol. The van der Waals surface area contributed by atoms with Crippen molar-refractivity contribution in [2.24, 2.45) is 45.3 Å². The highest BCUT2D eigenvalue weighted by atomic mass is 16.8. The van der Waals surface area contributed by atoms with Gasteiger partial charge in [-0.25, -0.2) is 0 Å². The van der Waals surface area contributed by atoms with Crippen molar-refractivity contribution in [1.29, 1.82) is 0 Å². The third-order valence-electron chi connectivity index (χ3n) is 20.1. The number of hydrogen-bond acceptors (Lipinski definition) is 22. The molecule has 0 unspecified atom stereocenters. The number of fused-ring (bicyclic) bond motifs is 4. The minimum absolute atomic E-state index is 0.0520. The minimum Gasteiger partial charge on any atom is -0.458 e. The van der Waals surface area contributed by atoms with Crippen molar-refractivity contribution in [2.75, 3.05) is 26.9 Å². The molecule has 434 valence electrons. The van der Waals surface area contributed by atoms with Crippen LogP contribution in [0.5, 0.6) is 0 Å². The summed E-state index contributed by atoms with van der Waals surface area (Å²) in [6, 6.07) is 0. The number of carbonyl (C=O) groups is 2. The molecule has 0 bridgehead atoms. The van der Waals surface area contributed by atoms with Crippen LogP contribution in [-0.4, -0.2) is 218 Å². The number of aliphatic hydroxyl groups excluding tert-OH is 10. The molecule has 0 aromatic carbocycles. The fourth-order valence-corrected chi connectivity index (χ4v) is 16.1. The second-order valence-corrected chi connectivity index (χ2v) is 25.3. The zero-order chi connectivity index (χ0) is 55.4. The Morgan fingerprint density at radius 3 is 1.92 bits per heavy atom. The van der Waals surface area contributed by atoms with E-state index in [1.165, 1.54) is 19.6 Å². The molecule has 5 saturated heterocycles. The summed E-state index contributed by atoms with van der Waals surface area (Å²) in [6.07, 6.45) is -21.6. The van der Waals surface area contributed by atoms with Gasteiger partial charge in [0.05, 0.1) is 37.4 Å². The molecule has 4 aliphatic carbocycles. The molecule has 9 aliphatic rings. The Labute approximate surface area is 444 Å². The number of carbonyl (C=O) groups excluding carboxylic acids is 2. The number of ether oxygens (including phenoxy) is 10. The van der Waals surface area contributed by atoms with Crippen LogP contribution in [-0.2, 0) is 57.0 Å². The minimum atomic E-state index is -1.90. The maximum Gasteiger partial charge on any atom is 0.313 e. The van der Waals surface area contributed by atoms with Crippen LogP contribution < -0.4 is 0 Å². The van der Waals surface area contributed by atoms with Crippen LogP contribution in [0.2, 0.25) is 0 Å². The number of allylic oxidation sites excluding steroid dienone is 2. The number of methoxy groups -OCH3 is 1. The third-order valence-corrected chi connectivity index (χ3v) is 20.1. The van der Waals surface area contributed by atoms with Crippen LogP contribution in [0.1, 0.15) is 113 Å². The standard InChI is InChI=1S/C54H86O22/c1-23(2)18-25(57)19-53(8)32-13-16-52(7)27-10-11-31-50(4,5)33(14-15-51(31,6)26(27)12-17-54(32,52)49(66)76-53)72-48-44(34(59)28(58)22-68-48)75-45-38(63)37(62)41(24(3)69-45)73-47-40(65)43(36(61)30(21-56)71-47)74-46-39(64)42(67-9)35(60)29(20-55)70-46/h10,23-24,26,28-48,55-56,58-65H,11-22H2,1-9H3/t24-,26-,28-,29-,30-,31+,32-,33+,34+,35-,36-,37-,38-,39-,40-,41-,42+,43+,44-,45+,46+,47+,48+,51-,52+,53+,54-/m1/s1. The summed E-state index contributed by atoms with van der Waals surface area (Å²) < 4.78 is 59.8. The first kappa shape index (κ1) is 58.8. The van der Waals surface area contributed by atoms with Crippen molar-refractivity contribution in [3.8, 4) is 0 Å². The fraction of sp³-hybridized carbons (Fsp3) is 0.926. The van der Waals surface area contributed by atoms with Gasteiger partial charge in [-0.05, 0) is 87.4 Å². The first-order chi connectivity index (χ1) is 35.7. The highest BCUT2D eigenvalue weighted by Crippen LogP contribution is 2.76. The number of rotatable bonds is 15. The molecule has 9 rings (SSSR count). The Kier molecular flexibility index (Phi) is 16.8. The average Bonchev–Trinajstić information content (AvgIpc) is 3.83. The van der Waals surface area contributed by atoms with Gasteiger partial charge >= 0.3 is 5.97 Å². The van der Waals surface area contributed by atoms with Crippen LogP contribution in [0.25, 0.3) is 0 Å². The average molecular weight is 1090 g/mol. The number of ketones is 1. The molecule has 0 aromatic heterocycles. The summed E-state index contributed by atoms with van der Waals surface area (Å²) in [6.45, 7) is 14.7. The molecule has 5 heterocycles. The van der Waals surface area contributed by atoms with Gasteiger partial charge in [0, 0.05) is 31.3 Å². The summed E-state index contributed by atoms with van der Waals surface area (Å²) in [5.74, 6) is 0.459. The normalized spacial score (nSPS) is 52.0. The second kappa shape index (κ2) is 21.8. The molecular weight excluding hydrogens is 1000 g/mol. The number of Topliss-reactive ketones (excluding diaryl/α,β-unsaturated/α-hetero) is 1. The van der Waals surface area contributed by atoms with E-state index in [9.17, 15) is 60.7 Å². The molecular formula is C54H86O22. The van der Waals surface area contributed by atoms with E-state index in [0.29, 0.717) is 19.3 Å². The van der Waals surface area contributed by atoms with Gasteiger partial charge in [-0.1, -0.05) is 53.2 Å². The zero-order valence-corrected chi connectivity index (χ0v) is 45.3. The largest absolute Gasteiger partial charge is 0.458 e. The summed E-state index contributed by atoms with van der Waals surface area (Å²) in [5.41, 5.74) is -1.25. The fourth-order valence-electron chi connectivity index (χ4n) is 16.1. The third kappa shape index (κ3) is 9.58. The van der Waals surface area contributed by atoms with Gasteiger partial charge < -0.3 is 98.4 Å². The first-order valence-corrected chi connectivity index (χ1v) is 27.6. The molecule has 5 aliphatic heterocycles. The molecule has 0 radical (unpaired) electrons. The van der Waals surface area contributed by atoms with Crippen LogP contribution in [0.15, 0.2) is 11.6 Å². The lowest BCUT2D eigenvalue weighted by molar-refractivity contribution is -0.389. The van der Waals surface area contributed by atoms with Gasteiger partial charge in [0.1, 0.15) is 96.8 Å². The molecule has 27 atom stereocenters. The lowest BCUT2D eigenvalue weighted by Crippen LogP contribution is -2.67. The van der Waals surface area contributed by atoms with E-state index in [1.54, 1.807) is 0 Å². The Hall–Kier alpha value is -1.88. The van der Waals surface area contributed by atoms with Crippen LogP contribution in [0.3, 0.4) is 0 Å². The van der Waals surface area contributed by atoms with Gasteiger partial charge in [-0.15, -0.1) is 0 Å². The molecule has 8 fully saturated rings. The van der Waals surface area contributed by atoms with Gasteiger partial charge in [-0.3, -0.25) is 9.59 Å². The molecule has 22 nitrogen and oxygen atoms in total. The van der Waals surface area contributed by atoms with Crippen molar-refractivity contribution >= 4 is 11.8 Å². The van der Waals surface area contributed by atoms with Gasteiger partial charge in [-0.2, -0.15) is 0 Å². The highest BCUT2D eigenvalue weighted by molar-refractivity contribution is 5.86. The zero-order valence-electron chi connectivity index (χ0n) is 45.3. The SMILES string of the molecule is CO[C@@H]1[C@@H](O)[C@H](O[C@@H]2[C@@H](O)[C@H](O[C@H]3[C@H](O)[C@@H](O)[C@H](O[C@H]4[C@H](O[C@H]5CC[C@]6(C)[C@@H]7CC[C@]89C(=O)O[C@@](C)(CC(=O)CC(C)C)[C@H]8CC[C@@]9(C)C7=CC[C@H]6C5(C)C)OC[C@@H](O)[C@@H]4O)O[C@@H]3C)O[C@H](CO)[C@H]2O)O[C@H](CO)[C@H]1O. The highest BCUT2D eigenvalue weighted by Gasteiger charge is 2.76. The van der Waals surface area contributed by atoms with E-state index >= 15 is 0 Å². The Balaban J connectivity index is 0.867. The lowest BCUT2D eigenvalue weighted by Gasteiger charge is -2.64. The molecule has 0 aromatic rings. The number of esters is 1. The molecule has 1 spiro atoms. The molecule has 22 heteroatoms. The Morgan fingerprint density at radius 1 is 0.684 bits per heavy atom. The van der Waals surface area contributed by atoms with E-state index in [-0.39, 0.29) is 53.9 Å². The van der Waals surface area contributed by atoms with E-state index < -0.39 is 158 Å². The molecule has 10 N–H and O–H groups in total. The van der Waals surface area contributed by atoms with E-state index in [0.717, 1.165) is 32.1 Å². The number of aliphatic hydroxyl groups is 10. The summed E-state index contributed by atoms with van der Waals surface area (Å²) in [7, 11) is 1.21. The van der Waals surface area contributed by atoms with Crippen LogP contribution in [0.4, 0.5) is 0 Å². The predicted octanol–water partition coefficient (Wildman–Crippen LogP) is -0.129. The second-order valence-electron chi connectivity index (χ2n) is 25.3. The van der Waals surface area contributed by atoms with Crippen molar-refractivity contribution in [1.82, 2.24) is 0 Å². The van der Waals surface area contributed by atoms with Gasteiger partial charge in [0.25, 0.3) is 0 Å². The monoisotopic (exact) mass is 1090 g/mol. The van der Waals surface area contributed by atoms with E-state index in [2.05, 4.69) is 33.8 Å². The van der Waals surface area contributed by atoms with E-state index in [1.807, 2.05) is 20.8 Å². The van der Waals surface area contributed by atoms with Gasteiger partial charge in [0.15, 0.2) is 25.2 Å². The summed E-state index contributed by atoms with van der Waals surface area (Å²) in [5, 5.41) is 109. The van der Waals surface area contributed by atoms with Gasteiger partial charge in [0.2, 0.25) is 0 Å². The number of hydrogen-bond donors (Lipinski definition) is 10.